The second kappa shape index (κ2) is 7.25. The maximum atomic E-state index is 4.92. The van der Waals surface area contributed by atoms with Crippen molar-refractivity contribution in [1.29, 1.82) is 0 Å². The van der Waals surface area contributed by atoms with E-state index >= 15 is 0 Å². The van der Waals surface area contributed by atoms with Gasteiger partial charge < -0.3 is 4.98 Å². The van der Waals surface area contributed by atoms with Crippen LogP contribution in [0.25, 0.3) is 22.3 Å². The highest BCUT2D eigenvalue weighted by atomic mass is 32.1. The molecule has 0 amide bonds. The minimum absolute atomic E-state index is 0.583. The number of H-pyrrole nitrogens is 1. The molecule has 0 atom stereocenters. The predicted molar refractivity (Wildman–Crippen MR) is 111 cm³/mol. The van der Waals surface area contributed by atoms with Crippen LogP contribution in [0.5, 0.6) is 0 Å². The van der Waals surface area contributed by atoms with Crippen LogP contribution in [-0.4, -0.2) is 32.9 Å². The van der Waals surface area contributed by atoms with Crippen LogP contribution in [-0.2, 0) is 6.54 Å². The van der Waals surface area contributed by atoms with E-state index in [1.54, 1.807) is 0 Å². The topological polar surface area (TPSA) is 44.8 Å². The van der Waals surface area contributed by atoms with Crippen LogP contribution < -0.4 is 0 Å². The van der Waals surface area contributed by atoms with Crippen LogP contribution in [0.3, 0.4) is 0 Å². The smallest absolute Gasteiger partial charge is 0.121 e. The zero-order chi connectivity index (χ0) is 18.1. The van der Waals surface area contributed by atoms with E-state index < -0.39 is 0 Å². The first-order valence-corrected chi connectivity index (χ1v) is 10.4. The summed E-state index contributed by atoms with van der Waals surface area (Å²) in [5, 5.41) is 3.49. The van der Waals surface area contributed by atoms with Crippen molar-refractivity contribution in [3.63, 3.8) is 0 Å². The molecule has 0 saturated carbocycles. The summed E-state index contributed by atoms with van der Waals surface area (Å²) in [4.78, 5) is 15.6. The number of likely N-dealkylation sites (tertiary alicyclic amines) is 1. The Balaban J connectivity index is 1.22. The number of hydrogen-bond donors (Lipinski definition) is 1. The van der Waals surface area contributed by atoms with Crippen molar-refractivity contribution in [3.05, 3.63) is 70.8 Å². The molecule has 0 spiro atoms. The predicted octanol–water partition coefficient (Wildman–Crippen LogP) is 5.07. The van der Waals surface area contributed by atoms with Crippen LogP contribution in [0, 0.1) is 0 Å². The molecule has 4 nitrogen and oxygen atoms in total. The molecule has 5 rings (SSSR count). The first-order valence-electron chi connectivity index (χ1n) is 9.52. The number of piperidine rings is 1. The van der Waals surface area contributed by atoms with E-state index in [0.717, 1.165) is 42.2 Å². The number of imidazole rings is 1. The fourth-order valence-corrected chi connectivity index (χ4v) is 4.85. The molecule has 27 heavy (non-hydrogen) atoms. The second-order valence-corrected chi connectivity index (χ2v) is 8.08. The molecule has 136 valence electrons. The van der Waals surface area contributed by atoms with Crippen molar-refractivity contribution < 1.29 is 0 Å². The van der Waals surface area contributed by atoms with E-state index in [4.69, 9.17) is 9.97 Å². The Morgan fingerprint density at radius 3 is 2.56 bits per heavy atom. The van der Waals surface area contributed by atoms with Crippen LogP contribution in [0.1, 0.15) is 29.6 Å². The molecule has 0 unspecified atom stereocenters. The van der Waals surface area contributed by atoms with Crippen LogP contribution in [0.15, 0.2) is 60.0 Å². The molecule has 0 radical (unpaired) electrons. The van der Waals surface area contributed by atoms with Gasteiger partial charge in [0.1, 0.15) is 5.82 Å². The van der Waals surface area contributed by atoms with E-state index in [2.05, 4.69) is 57.7 Å². The number of thiazole rings is 1. The molecule has 0 bridgehead atoms. The number of aromatic amines is 1. The molecule has 0 aliphatic carbocycles. The average molecular weight is 375 g/mol. The third-order valence-corrected chi connectivity index (χ3v) is 6.35. The van der Waals surface area contributed by atoms with Gasteiger partial charge in [-0.2, -0.15) is 0 Å². The molecule has 1 saturated heterocycles. The Morgan fingerprint density at radius 1 is 0.963 bits per heavy atom. The van der Waals surface area contributed by atoms with Gasteiger partial charge in [0.2, 0.25) is 0 Å². The molecular formula is C22H22N4S. The molecule has 4 aromatic rings. The molecule has 2 aromatic carbocycles. The summed E-state index contributed by atoms with van der Waals surface area (Å²) in [5.41, 5.74) is 4.50. The average Bonchev–Trinajstić information content (AvgIpc) is 3.36. The lowest BCUT2D eigenvalue weighted by atomic mass is 9.97. The summed E-state index contributed by atoms with van der Waals surface area (Å²) in [6, 6.07) is 18.7. The molecule has 2 aromatic heterocycles. The molecule has 3 heterocycles. The molecule has 1 N–H and O–H groups in total. The van der Waals surface area contributed by atoms with Crippen molar-refractivity contribution in [3.8, 4) is 11.3 Å². The summed E-state index contributed by atoms with van der Waals surface area (Å²) in [5.74, 6) is 1.65. The maximum Gasteiger partial charge on any atom is 0.121 e. The number of aromatic nitrogens is 3. The fraction of sp³-hybridized carbons (Fsp3) is 0.273. The highest BCUT2D eigenvalue weighted by Gasteiger charge is 2.23. The molecule has 1 aliphatic heterocycles. The second-order valence-electron chi connectivity index (χ2n) is 7.19. The Kier molecular flexibility index (Phi) is 4.47. The standard InChI is InChI=1S/C22H22N4S/c1-2-6-16(7-3-1)20-15-27-22(25-20)17-10-12-26(13-11-17)14-21-23-18-8-4-5-9-19(18)24-21/h1-9,15,17H,10-14H2,(H,23,24). The monoisotopic (exact) mass is 374 g/mol. The Morgan fingerprint density at radius 2 is 1.74 bits per heavy atom. The van der Waals surface area contributed by atoms with Crippen molar-refractivity contribution in [2.75, 3.05) is 13.1 Å². The third kappa shape index (κ3) is 3.53. The molecule has 1 aliphatic rings. The summed E-state index contributed by atoms with van der Waals surface area (Å²) in [7, 11) is 0. The number of para-hydroxylation sites is 2. The number of nitrogens with one attached hydrogen (secondary N) is 1. The molecule has 5 heteroatoms. The van der Waals surface area contributed by atoms with Crippen molar-refractivity contribution in [2.45, 2.75) is 25.3 Å². The molecule has 1 fully saturated rings. The van der Waals surface area contributed by atoms with Gasteiger partial charge in [0.15, 0.2) is 0 Å². The van der Waals surface area contributed by atoms with Gasteiger partial charge in [0.05, 0.1) is 28.3 Å². The first kappa shape index (κ1) is 16.7. The van der Waals surface area contributed by atoms with Gasteiger partial charge in [0, 0.05) is 16.9 Å². The minimum Gasteiger partial charge on any atom is -0.341 e. The summed E-state index contributed by atoms with van der Waals surface area (Å²) < 4.78 is 0. The number of nitrogens with zero attached hydrogens (tertiary/aromatic N) is 3. The van der Waals surface area contributed by atoms with Crippen molar-refractivity contribution in [2.24, 2.45) is 0 Å². The minimum atomic E-state index is 0.583. The quantitative estimate of drug-likeness (QED) is 0.543. The van der Waals surface area contributed by atoms with Gasteiger partial charge in [-0.05, 0) is 38.1 Å². The van der Waals surface area contributed by atoms with Crippen molar-refractivity contribution >= 4 is 22.4 Å². The van der Waals surface area contributed by atoms with Gasteiger partial charge in [-0.15, -0.1) is 11.3 Å². The van der Waals surface area contributed by atoms with E-state index in [1.807, 2.05) is 23.5 Å². The lowest BCUT2D eigenvalue weighted by Crippen LogP contribution is -2.32. The lowest BCUT2D eigenvalue weighted by Gasteiger charge is -2.30. The van der Waals surface area contributed by atoms with Gasteiger partial charge >= 0.3 is 0 Å². The first-order chi connectivity index (χ1) is 13.3. The van der Waals surface area contributed by atoms with Gasteiger partial charge in [-0.3, -0.25) is 4.90 Å². The van der Waals surface area contributed by atoms with Crippen LogP contribution >= 0.6 is 11.3 Å². The number of fused-ring (bicyclic) bond motifs is 1. The third-order valence-electron chi connectivity index (χ3n) is 5.34. The zero-order valence-electron chi connectivity index (χ0n) is 15.1. The van der Waals surface area contributed by atoms with Crippen LogP contribution in [0.2, 0.25) is 0 Å². The highest BCUT2D eigenvalue weighted by molar-refractivity contribution is 7.10. The Hall–Kier alpha value is -2.50. The number of benzene rings is 2. The summed E-state index contributed by atoms with van der Waals surface area (Å²) in [6.45, 7) is 3.10. The maximum absolute atomic E-state index is 4.92. The highest BCUT2D eigenvalue weighted by Crippen LogP contribution is 2.33. The summed E-state index contributed by atoms with van der Waals surface area (Å²) in [6.07, 6.45) is 2.34. The van der Waals surface area contributed by atoms with Crippen LogP contribution in [0.4, 0.5) is 0 Å². The van der Waals surface area contributed by atoms with Gasteiger partial charge in [-0.25, -0.2) is 9.97 Å². The number of rotatable bonds is 4. The van der Waals surface area contributed by atoms with E-state index in [9.17, 15) is 0 Å². The fourth-order valence-electron chi connectivity index (χ4n) is 3.85. The van der Waals surface area contributed by atoms with E-state index in [1.165, 1.54) is 23.4 Å². The van der Waals surface area contributed by atoms with Gasteiger partial charge in [-0.1, -0.05) is 42.5 Å². The largest absolute Gasteiger partial charge is 0.341 e. The zero-order valence-corrected chi connectivity index (χ0v) is 16.0. The van der Waals surface area contributed by atoms with E-state index in [0.29, 0.717) is 5.92 Å². The SMILES string of the molecule is c1ccc(-c2csc(C3CCN(Cc4nc5ccccc5[nH]4)CC3)n2)cc1. The summed E-state index contributed by atoms with van der Waals surface area (Å²) >= 11 is 1.81. The lowest BCUT2D eigenvalue weighted by molar-refractivity contribution is 0.201. The van der Waals surface area contributed by atoms with E-state index in [-0.39, 0.29) is 0 Å². The number of hydrogen-bond acceptors (Lipinski definition) is 4. The Labute approximate surface area is 162 Å². The van der Waals surface area contributed by atoms with Gasteiger partial charge in [0.25, 0.3) is 0 Å². The molecular weight excluding hydrogens is 352 g/mol. The Bertz CT molecular complexity index is 996. The van der Waals surface area contributed by atoms with Crippen molar-refractivity contribution in [1.82, 2.24) is 19.9 Å². The normalized spacial score (nSPS) is 16.1.